The quantitative estimate of drug-likeness (QED) is 0.633. The van der Waals surface area contributed by atoms with Gasteiger partial charge in [-0.3, -0.25) is 4.79 Å². The van der Waals surface area contributed by atoms with Crippen molar-refractivity contribution >= 4 is 23.3 Å². The van der Waals surface area contributed by atoms with Crippen LogP contribution in [0.1, 0.15) is 42.5 Å². The molecule has 0 atom stereocenters. The predicted octanol–water partition coefficient (Wildman–Crippen LogP) is 3.72. The van der Waals surface area contributed by atoms with E-state index in [1.807, 2.05) is 0 Å². The highest BCUT2D eigenvalue weighted by Crippen LogP contribution is 2.35. The van der Waals surface area contributed by atoms with Crippen LogP contribution in [-0.2, 0) is 0 Å². The third-order valence-corrected chi connectivity index (χ3v) is 4.57. The molecule has 1 aliphatic rings. The second-order valence-corrected chi connectivity index (χ2v) is 6.54. The van der Waals surface area contributed by atoms with E-state index in [4.69, 9.17) is 10.5 Å². The molecule has 0 spiro atoms. The zero-order valence-corrected chi connectivity index (χ0v) is 14.6. The van der Waals surface area contributed by atoms with Gasteiger partial charge in [0.1, 0.15) is 0 Å². The Labute approximate surface area is 152 Å². The summed E-state index contributed by atoms with van der Waals surface area (Å²) >= 11 is 0. The maximum absolute atomic E-state index is 12.4. The van der Waals surface area contributed by atoms with E-state index < -0.39 is 6.03 Å². The smallest absolute Gasteiger partial charge is 0.316 e. The van der Waals surface area contributed by atoms with Crippen LogP contribution >= 0.6 is 0 Å². The van der Waals surface area contributed by atoms with Gasteiger partial charge in [0.05, 0.1) is 23.5 Å². The SMILES string of the molecule is NC(=O)Nc1cccc(NC(=O)c2cc[nH]c2)c1OCC1CCCCC1. The molecule has 138 valence electrons. The Morgan fingerprint density at radius 3 is 2.50 bits per heavy atom. The third-order valence-electron chi connectivity index (χ3n) is 4.57. The molecule has 1 aromatic heterocycles. The van der Waals surface area contributed by atoms with Crippen LogP contribution in [0.4, 0.5) is 16.2 Å². The molecule has 1 heterocycles. The molecule has 7 heteroatoms. The normalized spacial score (nSPS) is 14.6. The van der Waals surface area contributed by atoms with E-state index in [0.717, 1.165) is 12.8 Å². The Balaban J connectivity index is 1.79. The first kappa shape index (κ1) is 17.8. The van der Waals surface area contributed by atoms with Crippen molar-refractivity contribution in [2.24, 2.45) is 11.7 Å². The maximum atomic E-state index is 12.4. The molecule has 5 N–H and O–H groups in total. The van der Waals surface area contributed by atoms with Gasteiger partial charge in [0, 0.05) is 12.4 Å². The zero-order valence-electron chi connectivity index (χ0n) is 14.6. The molecular weight excluding hydrogens is 332 g/mol. The molecule has 1 aromatic carbocycles. The number of rotatable bonds is 6. The minimum atomic E-state index is -0.679. The van der Waals surface area contributed by atoms with Gasteiger partial charge in [-0.15, -0.1) is 0 Å². The number of H-pyrrole nitrogens is 1. The Hall–Kier alpha value is -2.96. The second-order valence-electron chi connectivity index (χ2n) is 6.54. The van der Waals surface area contributed by atoms with Crippen LogP contribution < -0.4 is 21.1 Å². The van der Waals surface area contributed by atoms with Gasteiger partial charge in [0.2, 0.25) is 0 Å². The summed E-state index contributed by atoms with van der Waals surface area (Å²) in [5.74, 6) is 0.657. The average Bonchev–Trinajstić information content (AvgIpc) is 3.16. The molecule has 0 radical (unpaired) electrons. The number of anilines is 2. The number of ether oxygens (including phenoxy) is 1. The Bertz CT molecular complexity index is 752. The summed E-state index contributed by atoms with van der Waals surface area (Å²) in [6.07, 6.45) is 9.27. The van der Waals surface area contributed by atoms with Crippen molar-refractivity contribution in [3.63, 3.8) is 0 Å². The van der Waals surface area contributed by atoms with Gasteiger partial charge >= 0.3 is 6.03 Å². The number of primary amides is 1. The number of aromatic amines is 1. The van der Waals surface area contributed by atoms with Crippen molar-refractivity contribution in [2.75, 3.05) is 17.2 Å². The molecule has 1 aliphatic carbocycles. The highest BCUT2D eigenvalue weighted by Gasteiger charge is 2.18. The number of urea groups is 1. The van der Waals surface area contributed by atoms with Crippen molar-refractivity contribution in [2.45, 2.75) is 32.1 Å². The van der Waals surface area contributed by atoms with Crippen LogP contribution in [0.2, 0.25) is 0 Å². The average molecular weight is 356 g/mol. The topological polar surface area (TPSA) is 109 Å². The predicted molar refractivity (Wildman–Crippen MR) is 100 cm³/mol. The number of para-hydroxylation sites is 1. The third kappa shape index (κ3) is 4.56. The van der Waals surface area contributed by atoms with Gasteiger partial charge in [-0.25, -0.2) is 4.79 Å². The van der Waals surface area contributed by atoms with Crippen molar-refractivity contribution < 1.29 is 14.3 Å². The van der Waals surface area contributed by atoms with Crippen LogP contribution in [-0.4, -0.2) is 23.5 Å². The van der Waals surface area contributed by atoms with Crippen LogP contribution in [0.15, 0.2) is 36.7 Å². The first-order valence-electron chi connectivity index (χ1n) is 8.90. The van der Waals surface area contributed by atoms with Crippen LogP contribution in [0.25, 0.3) is 0 Å². The second kappa shape index (κ2) is 8.42. The molecular formula is C19H24N4O3. The number of carbonyl (C=O) groups excluding carboxylic acids is 2. The van der Waals surface area contributed by atoms with Gasteiger partial charge in [-0.05, 0) is 37.0 Å². The van der Waals surface area contributed by atoms with E-state index in [1.165, 1.54) is 19.3 Å². The molecule has 0 aliphatic heterocycles. The molecule has 0 saturated heterocycles. The fourth-order valence-electron chi connectivity index (χ4n) is 3.24. The summed E-state index contributed by atoms with van der Waals surface area (Å²) in [5, 5.41) is 5.40. The van der Waals surface area contributed by atoms with E-state index in [2.05, 4.69) is 15.6 Å². The molecule has 3 rings (SSSR count). The van der Waals surface area contributed by atoms with E-state index in [0.29, 0.717) is 35.2 Å². The number of nitrogens with one attached hydrogen (secondary N) is 3. The lowest BCUT2D eigenvalue weighted by atomic mass is 9.90. The summed E-state index contributed by atoms with van der Waals surface area (Å²) in [4.78, 5) is 26.5. The van der Waals surface area contributed by atoms with E-state index in [-0.39, 0.29) is 5.91 Å². The highest BCUT2D eigenvalue weighted by atomic mass is 16.5. The first-order chi connectivity index (χ1) is 12.6. The lowest BCUT2D eigenvalue weighted by Gasteiger charge is -2.23. The van der Waals surface area contributed by atoms with E-state index in [1.54, 1.807) is 36.7 Å². The van der Waals surface area contributed by atoms with Gasteiger partial charge in [0.15, 0.2) is 5.75 Å². The molecule has 26 heavy (non-hydrogen) atoms. The molecule has 7 nitrogen and oxygen atoms in total. The van der Waals surface area contributed by atoms with E-state index >= 15 is 0 Å². The molecule has 1 saturated carbocycles. The first-order valence-corrected chi connectivity index (χ1v) is 8.90. The minimum Gasteiger partial charge on any atom is -0.489 e. The fourth-order valence-corrected chi connectivity index (χ4v) is 3.24. The molecule has 0 unspecified atom stereocenters. The molecule has 1 fully saturated rings. The summed E-state index contributed by atoms with van der Waals surface area (Å²) in [6, 6.07) is 6.18. The molecule has 0 bridgehead atoms. The fraction of sp³-hybridized carbons (Fsp3) is 0.368. The van der Waals surface area contributed by atoms with Crippen molar-refractivity contribution in [1.29, 1.82) is 0 Å². The van der Waals surface area contributed by atoms with Gasteiger partial charge < -0.3 is 26.1 Å². The molecule has 3 amide bonds. The van der Waals surface area contributed by atoms with Crippen LogP contribution in [0.5, 0.6) is 5.75 Å². The summed E-state index contributed by atoms with van der Waals surface area (Å²) in [7, 11) is 0. The summed E-state index contributed by atoms with van der Waals surface area (Å²) in [5.41, 5.74) is 6.72. The number of hydrogen-bond donors (Lipinski definition) is 4. The van der Waals surface area contributed by atoms with Crippen molar-refractivity contribution in [3.05, 3.63) is 42.2 Å². The van der Waals surface area contributed by atoms with Crippen LogP contribution in [0.3, 0.4) is 0 Å². The number of aromatic nitrogens is 1. The lowest BCUT2D eigenvalue weighted by Crippen LogP contribution is -2.22. The van der Waals surface area contributed by atoms with Crippen molar-refractivity contribution in [3.8, 4) is 5.75 Å². The number of carbonyl (C=O) groups is 2. The standard InChI is InChI=1S/C19H24N4O3/c20-19(25)23-16-8-4-7-15(22-18(24)14-9-10-21-11-14)17(16)26-12-13-5-2-1-3-6-13/h4,7-11,13,21H,1-3,5-6,12H2,(H,22,24)(H3,20,23,25). The van der Waals surface area contributed by atoms with Gasteiger partial charge in [-0.1, -0.05) is 25.3 Å². The summed E-state index contributed by atoms with van der Waals surface area (Å²) in [6.45, 7) is 0.546. The van der Waals surface area contributed by atoms with Crippen molar-refractivity contribution in [1.82, 2.24) is 4.98 Å². The minimum absolute atomic E-state index is 0.259. The summed E-state index contributed by atoms with van der Waals surface area (Å²) < 4.78 is 6.03. The van der Waals surface area contributed by atoms with E-state index in [9.17, 15) is 9.59 Å². The highest BCUT2D eigenvalue weighted by molar-refractivity contribution is 6.05. The van der Waals surface area contributed by atoms with Gasteiger partial charge in [0.25, 0.3) is 5.91 Å². The Morgan fingerprint density at radius 2 is 1.85 bits per heavy atom. The van der Waals surface area contributed by atoms with Crippen LogP contribution in [0, 0.1) is 5.92 Å². The Kier molecular flexibility index (Phi) is 5.78. The number of nitrogens with two attached hydrogens (primary N) is 1. The number of benzene rings is 1. The Morgan fingerprint density at radius 1 is 1.12 bits per heavy atom. The number of hydrogen-bond acceptors (Lipinski definition) is 3. The number of amides is 3. The van der Waals surface area contributed by atoms with Gasteiger partial charge in [-0.2, -0.15) is 0 Å². The largest absolute Gasteiger partial charge is 0.489 e. The maximum Gasteiger partial charge on any atom is 0.316 e. The molecule has 2 aromatic rings. The zero-order chi connectivity index (χ0) is 18.4. The lowest BCUT2D eigenvalue weighted by molar-refractivity contribution is 0.102. The monoisotopic (exact) mass is 356 g/mol.